The first-order chi connectivity index (χ1) is 8.78. The molecule has 18 heavy (non-hydrogen) atoms. The average Bonchev–Trinajstić information content (AvgIpc) is 2.41. The van der Waals surface area contributed by atoms with Gasteiger partial charge in [0.25, 0.3) is 0 Å². The van der Waals surface area contributed by atoms with Gasteiger partial charge in [-0.25, -0.2) is 0 Å². The van der Waals surface area contributed by atoms with Gasteiger partial charge in [0.2, 0.25) is 5.88 Å². The summed E-state index contributed by atoms with van der Waals surface area (Å²) in [6.45, 7) is 0.712. The lowest BCUT2D eigenvalue weighted by atomic mass is 10.1. The zero-order valence-electron chi connectivity index (χ0n) is 10.2. The maximum absolute atomic E-state index is 5.53. The number of ether oxygens (including phenoxy) is 2. The summed E-state index contributed by atoms with van der Waals surface area (Å²) in [6, 6.07) is 11.1. The van der Waals surface area contributed by atoms with E-state index in [1.54, 1.807) is 19.2 Å². The topological polar surface area (TPSA) is 70.3 Å². The molecule has 0 unspecified atom stereocenters. The van der Waals surface area contributed by atoms with E-state index in [9.17, 15) is 0 Å². The van der Waals surface area contributed by atoms with Gasteiger partial charge >= 0.3 is 0 Å². The number of hydrogen-bond acceptors (Lipinski definition) is 5. The molecule has 0 amide bonds. The first kappa shape index (κ1) is 12.3. The second-order valence-electron chi connectivity index (χ2n) is 3.79. The minimum Gasteiger partial charge on any atom is -0.438 e. The van der Waals surface area contributed by atoms with E-state index in [0.29, 0.717) is 18.3 Å². The zero-order valence-corrected chi connectivity index (χ0v) is 10.2. The Balaban J connectivity index is 1.99. The summed E-state index contributed by atoms with van der Waals surface area (Å²) < 4.78 is 10.6. The van der Waals surface area contributed by atoms with Crippen LogP contribution in [0.15, 0.2) is 36.4 Å². The Morgan fingerprint density at radius 3 is 2.44 bits per heavy atom. The molecule has 0 radical (unpaired) electrons. The number of nitrogens with two attached hydrogens (primary N) is 1. The fraction of sp³-hybridized carbons (Fsp3) is 0.231. The Morgan fingerprint density at radius 2 is 1.83 bits per heavy atom. The highest BCUT2D eigenvalue weighted by molar-refractivity contribution is 5.32. The van der Waals surface area contributed by atoms with E-state index in [2.05, 4.69) is 10.2 Å². The van der Waals surface area contributed by atoms with Crippen molar-refractivity contribution in [3.8, 4) is 11.6 Å². The van der Waals surface area contributed by atoms with Gasteiger partial charge in [0.1, 0.15) is 11.6 Å². The van der Waals surface area contributed by atoms with E-state index in [0.717, 1.165) is 12.2 Å². The van der Waals surface area contributed by atoms with Crippen molar-refractivity contribution in [2.75, 3.05) is 19.5 Å². The van der Waals surface area contributed by atoms with Gasteiger partial charge in [0.15, 0.2) is 0 Å². The van der Waals surface area contributed by atoms with Crippen LogP contribution in [0, 0.1) is 0 Å². The van der Waals surface area contributed by atoms with Gasteiger partial charge in [0.05, 0.1) is 6.61 Å². The predicted octanol–water partition coefficient (Wildman–Crippen LogP) is 2.04. The normalized spacial score (nSPS) is 10.3. The number of benzene rings is 1. The van der Waals surface area contributed by atoms with Gasteiger partial charge in [0, 0.05) is 13.2 Å². The molecule has 5 heteroatoms. The summed E-state index contributed by atoms with van der Waals surface area (Å²) in [6.07, 6.45) is 0.887. The minimum absolute atomic E-state index is 0.372. The summed E-state index contributed by atoms with van der Waals surface area (Å²) in [5.41, 5.74) is 6.65. The van der Waals surface area contributed by atoms with Crippen LogP contribution in [0.3, 0.4) is 0 Å². The molecule has 94 valence electrons. The molecule has 0 bridgehead atoms. The highest BCUT2D eigenvalue weighted by Crippen LogP contribution is 2.19. The molecule has 2 N–H and O–H groups in total. The summed E-state index contributed by atoms with van der Waals surface area (Å²) in [7, 11) is 1.69. The smallest absolute Gasteiger partial charge is 0.238 e. The number of nitrogens with zero attached hydrogens (tertiary/aromatic N) is 2. The molecule has 0 atom stereocenters. The van der Waals surface area contributed by atoms with Crippen molar-refractivity contribution >= 4 is 5.82 Å². The first-order valence-electron chi connectivity index (χ1n) is 5.63. The van der Waals surface area contributed by atoms with Crippen molar-refractivity contribution in [3.05, 3.63) is 42.0 Å². The average molecular weight is 245 g/mol. The second-order valence-corrected chi connectivity index (χ2v) is 3.79. The van der Waals surface area contributed by atoms with E-state index >= 15 is 0 Å². The Bertz CT molecular complexity index is 483. The molecule has 2 rings (SSSR count). The van der Waals surface area contributed by atoms with Crippen LogP contribution in [0.5, 0.6) is 11.6 Å². The summed E-state index contributed by atoms with van der Waals surface area (Å²) >= 11 is 0. The third-order valence-corrected chi connectivity index (χ3v) is 2.40. The van der Waals surface area contributed by atoms with Gasteiger partial charge in [-0.1, -0.05) is 12.1 Å². The molecule has 0 aliphatic rings. The fourth-order valence-corrected chi connectivity index (χ4v) is 1.45. The van der Waals surface area contributed by atoms with Crippen LogP contribution in [0.1, 0.15) is 5.56 Å². The first-order valence-corrected chi connectivity index (χ1v) is 5.63. The molecule has 0 spiro atoms. The Morgan fingerprint density at radius 1 is 1.06 bits per heavy atom. The monoisotopic (exact) mass is 245 g/mol. The van der Waals surface area contributed by atoms with Gasteiger partial charge in [-0.15, -0.1) is 10.2 Å². The molecule has 0 saturated carbocycles. The lowest BCUT2D eigenvalue weighted by Crippen LogP contribution is -1.96. The van der Waals surface area contributed by atoms with Gasteiger partial charge in [-0.3, -0.25) is 0 Å². The van der Waals surface area contributed by atoms with Crippen LogP contribution in [0.4, 0.5) is 5.82 Å². The van der Waals surface area contributed by atoms with Crippen LogP contribution in [0.2, 0.25) is 0 Å². The van der Waals surface area contributed by atoms with Crippen molar-refractivity contribution in [1.82, 2.24) is 10.2 Å². The van der Waals surface area contributed by atoms with E-state index in [1.165, 1.54) is 5.56 Å². The quantitative estimate of drug-likeness (QED) is 0.872. The van der Waals surface area contributed by atoms with Crippen molar-refractivity contribution in [2.24, 2.45) is 0 Å². The Kier molecular flexibility index (Phi) is 4.09. The third kappa shape index (κ3) is 3.43. The van der Waals surface area contributed by atoms with Gasteiger partial charge in [-0.2, -0.15) is 0 Å². The molecule has 1 heterocycles. The molecule has 1 aromatic carbocycles. The van der Waals surface area contributed by atoms with E-state index in [-0.39, 0.29) is 0 Å². The fourth-order valence-electron chi connectivity index (χ4n) is 1.45. The molecular formula is C13H15N3O2. The van der Waals surface area contributed by atoms with Crippen molar-refractivity contribution < 1.29 is 9.47 Å². The maximum Gasteiger partial charge on any atom is 0.238 e. The zero-order chi connectivity index (χ0) is 12.8. The number of aromatic nitrogens is 2. The van der Waals surface area contributed by atoms with Crippen molar-refractivity contribution in [1.29, 1.82) is 0 Å². The molecule has 5 nitrogen and oxygen atoms in total. The number of rotatable bonds is 5. The van der Waals surface area contributed by atoms with Crippen LogP contribution >= 0.6 is 0 Å². The number of hydrogen-bond donors (Lipinski definition) is 1. The minimum atomic E-state index is 0.372. The van der Waals surface area contributed by atoms with Crippen LogP contribution < -0.4 is 10.5 Å². The van der Waals surface area contributed by atoms with E-state index < -0.39 is 0 Å². The predicted molar refractivity (Wildman–Crippen MR) is 68.5 cm³/mol. The summed E-state index contributed by atoms with van der Waals surface area (Å²) in [5.74, 6) is 1.52. The third-order valence-electron chi connectivity index (χ3n) is 2.40. The molecular weight excluding hydrogens is 230 g/mol. The van der Waals surface area contributed by atoms with Crippen molar-refractivity contribution in [2.45, 2.75) is 6.42 Å². The lowest BCUT2D eigenvalue weighted by molar-refractivity contribution is 0.202. The molecule has 0 saturated heterocycles. The van der Waals surface area contributed by atoms with Gasteiger partial charge in [-0.05, 0) is 30.2 Å². The number of methoxy groups -OCH3 is 1. The highest BCUT2D eigenvalue weighted by atomic mass is 16.5. The molecule has 0 aliphatic heterocycles. The Labute approximate surface area is 106 Å². The maximum atomic E-state index is 5.53. The van der Waals surface area contributed by atoms with Crippen LogP contribution in [0.25, 0.3) is 0 Å². The van der Waals surface area contributed by atoms with E-state index in [4.69, 9.17) is 15.2 Å². The van der Waals surface area contributed by atoms with E-state index in [1.807, 2.05) is 24.3 Å². The second kappa shape index (κ2) is 5.97. The van der Waals surface area contributed by atoms with Crippen LogP contribution in [-0.2, 0) is 11.2 Å². The van der Waals surface area contributed by atoms with Gasteiger partial charge < -0.3 is 15.2 Å². The SMILES string of the molecule is COCCc1ccc(Oc2ccc(N)nn2)cc1. The summed E-state index contributed by atoms with van der Waals surface area (Å²) in [5, 5.41) is 7.55. The van der Waals surface area contributed by atoms with Crippen molar-refractivity contribution in [3.63, 3.8) is 0 Å². The largest absolute Gasteiger partial charge is 0.438 e. The Hall–Kier alpha value is -2.14. The number of anilines is 1. The molecule has 2 aromatic rings. The summed E-state index contributed by atoms with van der Waals surface area (Å²) in [4.78, 5) is 0. The number of nitrogen functional groups attached to an aromatic ring is 1. The molecule has 0 fully saturated rings. The lowest BCUT2D eigenvalue weighted by Gasteiger charge is -2.05. The highest BCUT2D eigenvalue weighted by Gasteiger charge is 2.00. The molecule has 0 aliphatic carbocycles. The van der Waals surface area contributed by atoms with Crippen LogP contribution in [-0.4, -0.2) is 23.9 Å². The standard InChI is InChI=1S/C13H15N3O2/c1-17-9-8-10-2-4-11(5-3-10)18-13-7-6-12(14)15-16-13/h2-7H,8-9H2,1H3,(H2,14,15). The molecule has 1 aromatic heterocycles.